The highest BCUT2D eigenvalue weighted by molar-refractivity contribution is 5.98. The Morgan fingerprint density at radius 1 is 1.02 bits per heavy atom. The minimum atomic E-state index is -1.56. The second-order valence-corrected chi connectivity index (χ2v) is 10.2. The zero-order valence-corrected chi connectivity index (χ0v) is 23.9. The number of benzene rings is 2. The van der Waals surface area contributed by atoms with Crippen molar-refractivity contribution in [1.29, 1.82) is 0 Å². The maximum atomic E-state index is 13.1. The van der Waals surface area contributed by atoms with Gasteiger partial charge in [-0.05, 0) is 42.3 Å². The molecule has 5 rings (SSSR count). The molecule has 16 nitrogen and oxygen atoms in total. The van der Waals surface area contributed by atoms with Crippen LogP contribution >= 0.6 is 0 Å². The van der Waals surface area contributed by atoms with Gasteiger partial charge < -0.3 is 42.0 Å². The first kappa shape index (κ1) is 30.4. The van der Waals surface area contributed by atoms with Gasteiger partial charge in [-0.25, -0.2) is 24.4 Å². The molecule has 3 heterocycles. The van der Waals surface area contributed by atoms with Crippen molar-refractivity contribution in [2.75, 3.05) is 35.3 Å². The summed E-state index contributed by atoms with van der Waals surface area (Å²) in [6.45, 7) is 1.03. The maximum Gasteiger partial charge on any atom is 0.339 e. The molecule has 0 radical (unpaired) electrons. The normalized spacial score (nSPS) is 13.5. The fraction of sp³-hybridized carbons (Fsp3) is 0.241. The van der Waals surface area contributed by atoms with E-state index in [9.17, 15) is 29.4 Å². The van der Waals surface area contributed by atoms with E-state index in [-0.39, 0.29) is 34.2 Å². The lowest BCUT2D eigenvalue weighted by Crippen LogP contribution is -2.46. The van der Waals surface area contributed by atoms with E-state index in [1.54, 1.807) is 36.5 Å². The van der Waals surface area contributed by atoms with Crippen LogP contribution in [0.3, 0.4) is 0 Å². The third-order valence-electron chi connectivity index (χ3n) is 7.22. The van der Waals surface area contributed by atoms with Crippen molar-refractivity contribution >= 4 is 58.1 Å². The molecule has 232 valence electrons. The summed E-state index contributed by atoms with van der Waals surface area (Å²) in [6.07, 6.45) is 1.68. The molecule has 2 aromatic carbocycles. The van der Waals surface area contributed by atoms with Gasteiger partial charge in [-0.2, -0.15) is 9.97 Å². The van der Waals surface area contributed by atoms with Gasteiger partial charge in [-0.15, -0.1) is 0 Å². The molecule has 1 aliphatic heterocycles. The van der Waals surface area contributed by atoms with Crippen LogP contribution in [0.2, 0.25) is 0 Å². The SMILES string of the molecule is COC(=O)c1ccccc1NC(C[C@@H](NC(=O)c1ccc2c(c1)CCN2Cc1cnc2nc(N)nc(N)c2n1)C(=O)O)C(=O)O. The summed E-state index contributed by atoms with van der Waals surface area (Å²) in [4.78, 5) is 68.2. The summed E-state index contributed by atoms with van der Waals surface area (Å²) < 4.78 is 4.73. The summed E-state index contributed by atoms with van der Waals surface area (Å²) in [6, 6.07) is 8.04. The first-order valence-electron chi connectivity index (χ1n) is 13.7. The lowest BCUT2D eigenvalue weighted by Gasteiger charge is -2.22. The fourth-order valence-corrected chi connectivity index (χ4v) is 5.03. The van der Waals surface area contributed by atoms with Crippen molar-refractivity contribution in [2.45, 2.75) is 31.5 Å². The van der Waals surface area contributed by atoms with Crippen molar-refractivity contribution in [1.82, 2.24) is 25.3 Å². The Hall–Kier alpha value is -6.06. The average molecular weight is 616 g/mol. The van der Waals surface area contributed by atoms with Crippen molar-refractivity contribution in [3.05, 3.63) is 71.0 Å². The molecule has 1 aliphatic rings. The van der Waals surface area contributed by atoms with Crippen molar-refractivity contribution in [2.24, 2.45) is 0 Å². The number of rotatable bonds is 11. The highest BCUT2D eigenvalue weighted by Crippen LogP contribution is 2.30. The van der Waals surface area contributed by atoms with Gasteiger partial charge in [0.25, 0.3) is 5.91 Å². The molecule has 0 bridgehead atoms. The number of carboxylic acids is 2. The molecule has 16 heteroatoms. The number of fused-ring (bicyclic) bond motifs is 2. The number of aliphatic carboxylic acids is 2. The van der Waals surface area contributed by atoms with Crippen LogP contribution in [-0.2, 0) is 27.3 Å². The minimum Gasteiger partial charge on any atom is -0.480 e. The molecule has 45 heavy (non-hydrogen) atoms. The molecule has 0 spiro atoms. The van der Waals surface area contributed by atoms with Gasteiger partial charge >= 0.3 is 17.9 Å². The molecule has 4 aromatic rings. The highest BCUT2D eigenvalue weighted by atomic mass is 16.5. The number of nitrogens with one attached hydrogen (secondary N) is 2. The number of nitrogens with zero attached hydrogens (tertiary/aromatic N) is 5. The Bertz CT molecular complexity index is 1820. The van der Waals surface area contributed by atoms with Crippen LogP contribution in [0.5, 0.6) is 0 Å². The molecule has 1 amide bonds. The smallest absolute Gasteiger partial charge is 0.339 e. The number of para-hydroxylation sites is 1. The molecule has 2 aromatic heterocycles. The van der Waals surface area contributed by atoms with E-state index in [1.165, 1.54) is 19.2 Å². The molecular formula is C29H29N9O7. The second kappa shape index (κ2) is 12.7. The van der Waals surface area contributed by atoms with Crippen LogP contribution in [0.15, 0.2) is 48.7 Å². The first-order valence-corrected chi connectivity index (χ1v) is 13.7. The number of methoxy groups -OCH3 is 1. The lowest BCUT2D eigenvalue weighted by molar-refractivity contribution is -0.141. The molecule has 0 saturated heterocycles. The van der Waals surface area contributed by atoms with E-state index >= 15 is 0 Å². The van der Waals surface area contributed by atoms with E-state index in [2.05, 4.69) is 35.5 Å². The number of aromatic nitrogens is 4. The number of hydrogen-bond acceptors (Lipinski definition) is 13. The quantitative estimate of drug-likeness (QED) is 0.129. The van der Waals surface area contributed by atoms with Gasteiger partial charge in [0, 0.05) is 29.9 Å². The summed E-state index contributed by atoms with van der Waals surface area (Å²) >= 11 is 0. The van der Waals surface area contributed by atoms with Crippen molar-refractivity contribution in [3.8, 4) is 0 Å². The van der Waals surface area contributed by atoms with Crippen LogP contribution in [0.1, 0.15) is 38.4 Å². The number of nitrogen functional groups attached to an aromatic ring is 2. The van der Waals surface area contributed by atoms with Crippen LogP contribution in [0.4, 0.5) is 23.1 Å². The van der Waals surface area contributed by atoms with E-state index in [0.29, 0.717) is 30.7 Å². The standard InChI is InChI=1S/C29H29N9O7/c1-45-28(44)17-4-2-3-5-18(17)34-19(26(40)41)11-20(27(42)43)35-25(39)15-6-7-21-14(10-15)8-9-38(21)13-16-12-32-24-22(33-16)23(30)36-29(31)37-24/h2-7,10,12,19-20,34H,8-9,11,13H2,1H3,(H,35,39)(H,40,41)(H,42,43)(H4,30,31,32,36,37)/t19?,20-/m1/s1. The fourth-order valence-electron chi connectivity index (χ4n) is 5.03. The summed E-state index contributed by atoms with van der Waals surface area (Å²) in [5.41, 5.74) is 15.0. The van der Waals surface area contributed by atoms with Gasteiger partial charge in [0.15, 0.2) is 17.0 Å². The lowest BCUT2D eigenvalue weighted by atomic mass is 10.0. The predicted octanol–water partition coefficient (Wildman–Crippen LogP) is 1.07. The molecule has 2 atom stereocenters. The molecule has 0 saturated carbocycles. The summed E-state index contributed by atoms with van der Waals surface area (Å²) in [5.74, 6) is -4.04. The molecular weight excluding hydrogens is 586 g/mol. The van der Waals surface area contributed by atoms with Gasteiger partial charge in [-0.3, -0.25) is 4.79 Å². The Morgan fingerprint density at radius 3 is 2.51 bits per heavy atom. The maximum absolute atomic E-state index is 13.1. The topological polar surface area (TPSA) is 249 Å². The second-order valence-electron chi connectivity index (χ2n) is 10.2. The number of hydrogen-bond donors (Lipinski definition) is 6. The first-order chi connectivity index (χ1) is 21.5. The Morgan fingerprint density at radius 2 is 1.78 bits per heavy atom. The third-order valence-corrected chi connectivity index (χ3v) is 7.22. The number of amides is 1. The predicted molar refractivity (Wildman–Crippen MR) is 161 cm³/mol. The number of carbonyl (C=O) groups is 4. The zero-order valence-electron chi connectivity index (χ0n) is 23.9. The van der Waals surface area contributed by atoms with E-state index < -0.39 is 42.3 Å². The Kier molecular flexibility index (Phi) is 8.55. The number of anilines is 4. The third kappa shape index (κ3) is 6.64. The van der Waals surface area contributed by atoms with Gasteiger partial charge in [-0.1, -0.05) is 12.1 Å². The van der Waals surface area contributed by atoms with E-state index in [1.807, 2.05) is 0 Å². The van der Waals surface area contributed by atoms with E-state index in [4.69, 9.17) is 16.2 Å². The highest BCUT2D eigenvalue weighted by Gasteiger charge is 2.30. The summed E-state index contributed by atoms with van der Waals surface area (Å²) in [7, 11) is 1.18. The van der Waals surface area contributed by atoms with Gasteiger partial charge in [0.05, 0.1) is 31.1 Å². The molecule has 8 N–H and O–H groups in total. The zero-order chi connectivity index (χ0) is 32.2. The number of nitrogens with two attached hydrogens (primary N) is 2. The van der Waals surface area contributed by atoms with Crippen LogP contribution < -0.4 is 27.0 Å². The molecule has 0 aliphatic carbocycles. The van der Waals surface area contributed by atoms with E-state index in [0.717, 1.165) is 11.3 Å². The number of esters is 1. The monoisotopic (exact) mass is 615 g/mol. The number of carboxylic acid groups (broad SMARTS) is 2. The van der Waals surface area contributed by atoms with Crippen LogP contribution in [0.25, 0.3) is 11.2 Å². The van der Waals surface area contributed by atoms with Crippen molar-refractivity contribution < 1.29 is 34.1 Å². The Labute approximate surface area is 255 Å². The average Bonchev–Trinajstić information content (AvgIpc) is 3.41. The number of ether oxygens (including phenoxy) is 1. The largest absolute Gasteiger partial charge is 0.480 e. The van der Waals surface area contributed by atoms with Gasteiger partial charge in [0.1, 0.15) is 12.1 Å². The molecule has 0 fully saturated rings. The minimum absolute atomic E-state index is 0.00446. The Balaban J connectivity index is 1.28. The summed E-state index contributed by atoms with van der Waals surface area (Å²) in [5, 5.41) is 24.7. The molecule has 1 unspecified atom stereocenters. The van der Waals surface area contributed by atoms with Crippen LogP contribution in [-0.4, -0.2) is 79.7 Å². The van der Waals surface area contributed by atoms with Gasteiger partial charge in [0.2, 0.25) is 5.95 Å². The number of carbonyl (C=O) groups excluding carboxylic acids is 2. The van der Waals surface area contributed by atoms with Crippen LogP contribution in [0, 0.1) is 0 Å². The van der Waals surface area contributed by atoms with Crippen molar-refractivity contribution in [3.63, 3.8) is 0 Å².